The summed E-state index contributed by atoms with van der Waals surface area (Å²) in [5.74, 6) is 1.45. The van der Waals surface area contributed by atoms with Crippen molar-refractivity contribution in [2.24, 2.45) is 5.10 Å². The molecule has 0 aliphatic carbocycles. The highest BCUT2D eigenvalue weighted by atomic mass is 32.1. The third kappa shape index (κ3) is 4.78. The number of nitrogens with zero attached hydrogens (tertiary/aromatic N) is 5. The second kappa shape index (κ2) is 8.56. The minimum atomic E-state index is 0.386. The van der Waals surface area contributed by atoms with Gasteiger partial charge >= 0.3 is 0 Å². The highest BCUT2D eigenvalue weighted by molar-refractivity contribution is 7.08. The summed E-state index contributed by atoms with van der Waals surface area (Å²) >= 11 is 1.62. The Balaban J connectivity index is 1.57. The van der Waals surface area contributed by atoms with Gasteiger partial charge in [-0.1, -0.05) is 18.2 Å². The summed E-state index contributed by atoms with van der Waals surface area (Å²) in [5.41, 5.74) is 4.83. The van der Waals surface area contributed by atoms with E-state index in [-0.39, 0.29) is 0 Å². The fraction of sp³-hybridized carbons (Fsp3) is 0.222. The van der Waals surface area contributed by atoms with Gasteiger partial charge in [-0.2, -0.15) is 31.4 Å². The van der Waals surface area contributed by atoms with Crippen LogP contribution in [0, 0.1) is 0 Å². The SMILES string of the molecule is C(=N/Nc1nc(Nc2ccccc2)nc(N2CCOCC2)n1)/c1ccsc1. The predicted molar refractivity (Wildman–Crippen MR) is 108 cm³/mol. The number of rotatable bonds is 6. The van der Waals surface area contributed by atoms with E-state index in [1.807, 2.05) is 47.2 Å². The average molecular weight is 381 g/mol. The van der Waals surface area contributed by atoms with E-state index in [9.17, 15) is 0 Å². The minimum absolute atomic E-state index is 0.386. The molecule has 0 bridgehead atoms. The van der Waals surface area contributed by atoms with Gasteiger partial charge in [-0.25, -0.2) is 5.43 Å². The number of ether oxygens (including phenoxy) is 1. The Morgan fingerprint density at radius 2 is 1.85 bits per heavy atom. The van der Waals surface area contributed by atoms with Crippen LogP contribution in [-0.2, 0) is 4.74 Å². The van der Waals surface area contributed by atoms with Gasteiger partial charge in [0.05, 0.1) is 19.4 Å². The Morgan fingerprint density at radius 3 is 2.63 bits per heavy atom. The van der Waals surface area contributed by atoms with Crippen LogP contribution in [0.3, 0.4) is 0 Å². The molecule has 1 saturated heterocycles. The molecule has 0 radical (unpaired) electrons. The van der Waals surface area contributed by atoms with Crippen molar-refractivity contribution in [1.29, 1.82) is 0 Å². The lowest BCUT2D eigenvalue weighted by Gasteiger charge is -2.27. The maximum absolute atomic E-state index is 5.42. The molecule has 1 aliphatic rings. The first-order chi connectivity index (χ1) is 13.4. The zero-order valence-electron chi connectivity index (χ0n) is 14.6. The summed E-state index contributed by atoms with van der Waals surface area (Å²) in [4.78, 5) is 15.6. The van der Waals surface area contributed by atoms with Gasteiger partial charge in [-0.05, 0) is 29.0 Å². The first-order valence-electron chi connectivity index (χ1n) is 8.59. The summed E-state index contributed by atoms with van der Waals surface area (Å²) in [6, 6.07) is 11.8. The van der Waals surface area contributed by atoms with Crippen LogP contribution in [0.1, 0.15) is 5.56 Å². The molecule has 27 heavy (non-hydrogen) atoms. The molecular weight excluding hydrogens is 362 g/mol. The van der Waals surface area contributed by atoms with Crippen LogP contribution in [0.15, 0.2) is 52.3 Å². The molecule has 3 heterocycles. The molecule has 1 aliphatic heterocycles. The highest BCUT2D eigenvalue weighted by Crippen LogP contribution is 2.18. The number of hydrogen-bond acceptors (Lipinski definition) is 9. The van der Waals surface area contributed by atoms with Gasteiger partial charge < -0.3 is 15.0 Å². The summed E-state index contributed by atoms with van der Waals surface area (Å²) in [5, 5.41) is 11.5. The normalized spacial score (nSPS) is 14.4. The van der Waals surface area contributed by atoms with E-state index in [4.69, 9.17) is 4.74 Å². The van der Waals surface area contributed by atoms with Crippen molar-refractivity contribution in [3.63, 3.8) is 0 Å². The first-order valence-corrected chi connectivity index (χ1v) is 9.53. The maximum Gasteiger partial charge on any atom is 0.250 e. The van der Waals surface area contributed by atoms with Crippen molar-refractivity contribution < 1.29 is 4.74 Å². The Kier molecular flexibility index (Phi) is 5.51. The van der Waals surface area contributed by atoms with Crippen LogP contribution in [0.2, 0.25) is 0 Å². The van der Waals surface area contributed by atoms with Crippen molar-refractivity contribution in [1.82, 2.24) is 15.0 Å². The number of nitrogens with one attached hydrogen (secondary N) is 2. The van der Waals surface area contributed by atoms with Crippen LogP contribution in [-0.4, -0.2) is 47.5 Å². The summed E-state index contributed by atoms with van der Waals surface area (Å²) in [6.07, 6.45) is 1.74. The molecule has 9 heteroatoms. The molecule has 0 unspecified atom stereocenters. The number of hydrogen-bond donors (Lipinski definition) is 2. The molecule has 0 atom stereocenters. The van der Waals surface area contributed by atoms with E-state index < -0.39 is 0 Å². The predicted octanol–water partition coefficient (Wildman–Crippen LogP) is 2.96. The second-order valence-electron chi connectivity index (χ2n) is 5.80. The topological polar surface area (TPSA) is 87.6 Å². The van der Waals surface area contributed by atoms with E-state index >= 15 is 0 Å². The molecule has 0 spiro atoms. The van der Waals surface area contributed by atoms with Gasteiger partial charge in [0.1, 0.15) is 0 Å². The van der Waals surface area contributed by atoms with E-state index in [1.165, 1.54) is 0 Å². The molecule has 1 fully saturated rings. The van der Waals surface area contributed by atoms with E-state index in [1.54, 1.807) is 17.6 Å². The zero-order valence-corrected chi connectivity index (χ0v) is 15.4. The lowest BCUT2D eigenvalue weighted by molar-refractivity contribution is 0.122. The number of hydrazone groups is 1. The van der Waals surface area contributed by atoms with Crippen molar-refractivity contribution in [3.8, 4) is 0 Å². The molecule has 2 N–H and O–H groups in total. The van der Waals surface area contributed by atoms with Gasteiger partial charge in [0.25, 0.3) is 0 Å². The zero-order chi connectivity index (χ0) is 18.3. The largest absolute Gasteiger partial charge is 0.378 e. The Morgan fingerprint density at radius 1 is 1.04 bits per heavy atom. The molecule has 138 valence electrons. The Labute approximate surface area is 161 Å². The maximum atomic E-state index is 5.42. The molecule has 2 aromatic heterocycles. The lowest BCUT2D eigenvalue weighted by atomic mass is 10.3. The molecule has 1 aromatic carbocycles. The van der Waals surface area contributed by atoms with Crippen LogP contribution in [0.4, 0.5) is 23.5 Å². The van der Waals surface area contributed by atoms with E-state index in [0.29, 0.717) is 31.1 Å². The number of thiophene rings is 1. The van der Waals surface area contributed by atoms with Crippen LogP contribution in [0.25, 0.3) is 0 Å². The Hall–Kier alpha value is -3.04. The van der Waals surface area contributed by atoms with Crippen molar-refractivity contribution >= 4 is 41.1 Å². The van der Waals surface area contributed by atoms with Gasteiger partial charge in [0.2, 0.25) is 17.8 Å². The number of benzene rings is 1. The van der Waals surface area contributed by atoms with Gasteiger partial charge in [-0.15, -0.1) is 0 Å². The molecule has 0 saturated carbocycles. The molecule has 0 amide bonds. The van der Waals surface area contributed by atoms with Gasteiger partial charge in [0, 0.05) is 24.3 Å². The third-order valence-electron chi connectivity index (χ3n) is 3.87. The van der Waals surface area contributed by atoms with E-state index in [2.05, 4.69) is 35.7 Å². The number of para-hydroxylation sites is 1. The fourth-order valence-corrected chi connectivity index (χ4v) is 3.15. The standard InChI is InChI=1S/C18H19N7OS/c1-2-4-15(5-3-1)20-16-21-17(24-19-12-14-6-11-27-13-14)23-18(22-16)25-7-9-26-10-8-25/h1-6,11-13H,7-10H2,(H2,20,21,22,23,24)/b19-12-. The van der Waals surface area contributed by atoms with Gasteiger partial charge in [-0.3, -0.25) is 0 Å². The average Bonchev–Trinajstić information content (AvgIpc) is 3.23. The van der Waals surface area contributed by atoms with Crippen LogP contribution < -0.4 is 15.6 Å². The molecule has 8 nitrogen and oxygen atoms in total. The number of aromatic nitrogens is 3. The summed E-state index contributed by atoms with van der Waals surface area (Å²) in [6.45, 7) is 2.80. The van der Waals surface area contributed by atoms with E-state index in [0.717, 1.165) is 24.3 Å². The Bertz CT molecular complexity index is 880. The quantitative estimate of drug-likeness (QED) is 0.501. The number of morpholine rings is 1. The molecular formula is C18H19N7OS. The lowest BCUT2D eigenvalue weighted by Crippen LogP contribution is -2.37. The van der Waals surface area contributed by atoms with Crippen molar-refractivity contribution in [2.45, 2.75) is 0 Å². The van der Waals surface area contributed by atoms with Crippen LogP contribution >= 0.6 is 11.3 Å². The molecule has 3 aromatic rings. The fourth-order valence-electron chi connectivity index (χ4n) is 2.54. The minimum Gasteiger partial charge on any atom is -0.378 e. The second-order valence-corrected chi connectivity index (χ2v) is 6.58. The summed E-state index contributed by atoms with van der Waals surface area (Å²) < 4.78 is 5.42. The van der Waals surface area contributed by atoms with Crippen molar-refractivity contribution in [2.75, 3.05) is 41.9 Å². The third-order valence-corrected chi connectivity index (χ3v) is 4.57. The number of anilines is 4. The highest BCUT2D eigenvalue weighted by Gasteiger charge is 2.16. The van der Waals surface area contributed by atoms with Crippen LogP contribution in [0.5, 0.6) is 0 Å². The summed E-state index contributed by atoms with van der Waals surface area (Å²) in [7, 11) is 0. The monoisotopic (exact) mass is 381 g/mol. The van der Waals surface area contributed by atoms with Crippen molar-refractivity contribution in [3.05, 3.63) is 52.7 Å². The van der Waals surface area contributed by atoms with Gasteiger partial charge in [0.15, 0.2) is 0 Å². The smallest absolute Gasteiger partial charge is 0.250 e. The molecule has 4 rings (SSSR count). The first kappa shape index (κ1) is 17.4.